The molecule has 0 bridgehead atoms. The van der Waals surface area contributed by atoms with Crippen LogP contribution in [-0.4, -0.2) is 47.7 Å². The zero-order valence-electron chi connectivity index (χ0n) is 15.6. The summed E-state index contributed by atoms with van der Waals surface area (Å²) in [6.07, 6.45) is 5.33. The highest BCUT2D eigenvalue weighted by atomic mass is 16.5. The van der Waals surface area contributed by atoms with Crippen molar-refractivity contribution in [3.8, 4) is 0 Å². The molecule has 0 amide bonds. The Bertz CT molecular complexity index is 407. The first kappa shape index (κ1) is 21.1. The Morgan fingerprint density at radius 3 is 2.54 bits per heavy atom. The molecule has 0 aliphatic carbocycles. The molecule has 1 saturated heterocycles. The standard InChI is InChI=1S/C19H34O5/c1-12(2)19(22)14(4)16(20)11-17-13(3)9-10-15(24-17)7-6-8-18(21)23-5/h6,8,12-17,19-20,22H,7,9-11H2,1-5H3/b8-6+/t13-,14-,15+,16-,17+,19+/m0/s1. The summed E-state index contributed by atoms with van der Waals surface area (Å²) in [4.78, 5) is 11.1. The van der Waals surface area contributed by atoms with Gasteiger partial charge in [0.2, 0.25) is 0 Å². The van der Waals surface area contributed by atoms with E-state index < -0.39 is 12.2 Å². The van der Waals surface area contributed by atoms with Crippen LogP contribution in [0.3, 0.4) is 0 Å². The van der Waals surface area contributed by atoms with Crippen LogP contribution in [0.25, 0.3) is 0 Å². The molecule has 1 aliphatic heterocycles. The van der Waals surface area contributed by atoms with Gasteiger partial charge in [-0.1, -0.05) is 33.8 Å². The zero-order valence-corrected chi connectivity index (χ0v) is 15.6. The highest BCUT2D eigenvalue weighted by molar-refractivity contribution is 5.81. The van der Waals surface area contributed by atoms with Gasteiger partial charge in [-0.25, -0.2) is 4.79 Å². The van der Waals surface area contributed by atoms with Crippen LogP contribution in [0.1, 0.15) is 53.4 Å². The number of carbonyl (C=O) groups is 1. The van der Waals surface area contributed by atoms with Crippen molar-refractivity contribution in [2.24, 2.45) is 17.8 Å². The van der Waals surface area contributed by atoms with Crippen molar-refractivity contribution in [3.05, 3.63) is 12.2 Å². The normalized spacial score (nSPS) is 28.8. The lowest BCUT2D eigenvalue weighted by Gasteiger charge is -2.37. The summed E-state index contributed by atoms with van der Waals surface area (Å²) < 4.78 is 10.7. The van der Waals surface area contributed by atoms with Gasteiger partial charge in [0.1, 0.15) is 0 Å². The molecule has 24 heavy (non-hydrogen) atoms. The van der Waals surface area contributed by atoms with Gasteiger partial charge in [-0.15, -0.1) is 0 Å². The molecule has 1 rings (SSSR count). The van der Waals surface area contributed by atoms with E-state index in [1.54, 1.807) is 6.08 Å². The third-order valence-corrected chi connectivity index (χ3v) is 5.10. The molecule has 2 N–H and O–H groups in total. The quantitative estimate of drug-likeness (QED) is 0.524. The van der Waals surface area contributed by atoms with E-state index in [1.165, 1.54) is 13.2 Å². The van der Waals surface area contributed by atoms with Crippen LogP contribution < -0.4 is 0 Å². The first-order chi connectivity index (χ1) is 11.3. The number of methoxy groups -OCH3 is 1. The molecule has 0 saturated carbocycles. The molecule has 0 unspecified atom stereocenters. The van der Waals surface area contributed by atoms with Crippen molar-refractivity contribution in [2.45, 2.75) is 77.8 Å². The molecule has 6 atom stereocenters. The molecule has 1 heterocycles. The molecule has 5 heteroatoms. The molecule has 0 radical (unpaired) electrons. The first-order valence-electron chi connectivity index (χ1n) is 9.02. The Morgan fingerprint density at radius 2 is 1.96 bits per heavy atom. The first-order valence-corrected chi connectivity index (χ1v) is 9.02. The Labute approximate surface area is 146 Å². The number of ether oxygens (including phenoxy) is 2. The van der Waals surface area contributed by atoms with Crippen molar-refractivity contribution >= 4 is 5.97 Å². The van der Waals surface area contributed by atoms with Crippen LogP contribution in [0, 0.1) is 17.8 Å². The predicted molar refractivity (Wildman–Crippen MR) is 93.5 cm³/mol. The number of aliphatic hydroxyl groups is 2. The Hall–Kier alpha value is -0.910. The topological polar surface area (TPSA) is 76.0 Å². The van der Waals surface area contributed by atoms with E-state index in [9.17, 15) is 15.0 Å². The molecule has 5 nitrogen and oxygen atoms in total. The van der Waals surface area contributed by atoms with Crippen molar-refractivity contribution in [1.82, 2.24) is 0 Å². The van der Waals surface area contributed by atoms with Gasteiger partial charge < -0.3 is 19.7 Å². The number of rotatable bonds is 8. The minimum atomic E-state index is -0.584. The SMILES string of the molecule is COC(=O)/C=C/C[C@@H]1CC[C@H](C)[C@@H](C[C@H](O)[C@H](C)[C@H](O)C(C)C)O1. The van der Waals surface area contributed by atoms with Crippen LogP contribution >= 0.6 is 0 Å². The van der Waals surface area contributed by atoms with E-state index in [-0.39, 0.29) is 30.0 Å². The van der Waals surface area contributed by atoms with Crippen LogP contribution in [0.5, 0.6) is 0 Å². The van der Waals surface area contributed by atoms with E-state index >= 15 is 0 Å². The van der Waals surface area contributed by atoms with Gasteiger partial charge >= 0.3 is 5.97 Å². The van der Waals surface area contributed by atoms with Gasteiger partial charge in [-0.2, -0.15) is 0 Å². The minimum Gasteiger partial charge on any atom is -0.466 e. The second-order valence-electron chi connectivity index (χ2n) is 7.41. The molecule has 1 fully saturated rings. The molecule has 1 aliphatic rings. The Balaban J connectivity index is 2.53. The van der Waals surface area contributed by atoms with Gasteiger partial charge in [-0.05, 0) is 31.1 Å². The number of carbonyl (C=O) groups excluding carboxylic acids is 1. The average Bonchev–Trinajstić information content (AvgIpc) is 2.55. The predicted octanol–water partition coefficient (Wildman–Crippen LogP) is 2.69. The Morgan fingerprint density at radius 1 is 1.29 bits per heavy atom. The highest BCUT2D eigenvalue weighted by Gasteiger charge is 2.33. The summed E-state index contributed by atoms with van der Waals surface area (Å²) >= 11 is 0. The minimum absolute atomic E-state index is 0.0212. The third-order valence-electron chi connectivity index (χ3n) is 5.10. The molecule has 140 valence electrons. The lowest BCUT2D eigenvalue weighted by Crippen LogP contribution is -2.40. The van der Waals surface area contributed by atoms with Crippen LogP contribution in [0.15, 0.2) is 12.2 Å². The monoisotopic (exact) mass is 342 g/mol. The maximum absolute atomic E-state index is 11.1. The van der Waals surface area contributed by atoms with Crippen molar-refractivity contribution in [3.63, 3.8) is 0 Å². The smallest absolute Gasteiger partial charge is 0.330 e. The van der Waals surface area contributed by atoms with Crippen LogP contribution in [0.2, 0.25) is 0 Å². The van der Waals surface area contributed by atoms with Gasteiger partial charge in [-0.3, -0.25) is 0 Å². The maximum atomic E-state index is 11.1. The summed E-state index contributed by atoms with van der Waals surface area (Å²) in [6.45, 7) is 7.94. The summed E-state index contributed by atoms with van der Waals surface area (Å²) in [5.74, 6) is -0.0394. The zero-order chi connectivity index (χ0) is 18.3. The molecular weight excluding hydrogens is 308 g/mol. The largest absolute Gasteiger partial charge is 0.466 e. The fourth-order valence-corrected chi connectivity index (χ4v) is 3.22. The second-order valence-corrected chi connectivity index (χ2v) is 7.41. The molecule has 0 spiro atoms. The summed E-state index contributed by atoms with van der Waals surface area (Å²) in [5, 5.41) is 20.6. The summed E-state index contributed by atoms with van der Waals surface area (Å²) in [5.41, 5.74) is 0. The van der Waals surface area contributed by atoms with Gasteiger partial charge in [0.25, 0.3) is 0 Å². The van der Waals surface area contributed by atoms with E-state index in [0.717, 1.165) is 12.8 Å². The lowest BCUT2D eigenvalue weighted by atomic mass is 9.83. The molecule has 0 aromatic carbocycles. The second kappa shape index (κ2) is 10.2. The summed E-state index contributed by atoms with van der Waals surface area (Å²) in [6, 6.07) is 0. The van der Waals surface area contributed by atoms with Gasteiger partial charge in [0, 0.05) is 18.4 Å². The maximum Gasteiger partial charge on any atom is 0.330 e. The van der Waals surface area contributed by atoms with Crippen molar-refractivity contribution in [1.29, 1.82) is 0 Å². The number of esters is 1. The van der Waals surface area contributed by atoms with Gasteiger partial charge in [0.15, 0.2) is 0 Å². The summed E-state index contributed by atoms with van der Waals surface area (Å²) in [7, 11) is 1.36. The molecule has 0 aromatic heterocycles. The van der Waals surface area contributed by atoms with Crippen LogP contribution in [-0.2, 0) is 14.3 Å². The van der Waals surface area contributed by atoms with Crippen molar-refractivity contribution < 1.29 is 24.5 Å². The van der Waals surface area contributed by atoms with E-state index in [2.05, 4.69) is 11.7 Å². The number of hydrogen-bond acceptors (Lipinski definition) is 5. The fraction of sp³-hybridized carbons (Fsp3) is 0.842. The van der Waals surface area contributed by atoms with E-state index in [1.807, 2.05) is 20.8 Å². The highest BCUT2D eigenvalue weighted by Crippen LogP contribution is 2.31. The Kier molecular flexibility index (Phi) is 8.95. The van der Waals surface area contributed by atoms with Crippen molar-refractivity contribution in [2.75, 3.05) is 7.11 Å². The van der Waals surface area contributed by atoms with E-state index in [0.29, 0.717) is 18.8 Å². The molecular formula is C19H34O5. The average molecular weight is 342 g/mol. The lowest BCUT2D eigenvalue weighted by molar-refractivity contribution is -0.134. The van der Waals surface area contributed by atoms with Crippen LogP contribution in [0.4, 0.5) is 0 Å². The number of aliphatic hydroxyl groups excluding tert-OH is 2. The number of hydrogen-bond donors (Lipinski definition) is 2. The van der Waals surface area contributed by atoms with E-state index in [4.69, 9.17) is 4.74 Å². The van der Waals surface area contributed by atoms with Gasteiger partial charge in [0.05, 0.1) is 31.5 Å². The third kappa shape index (κ3) is 6.54. The fourth-order valence-electron chi connectivity index (χ4n) is 3.22. The molecule has 0 aromatic rings.